The number of hydrazone groups is 1. The van der Waals surface area contributed by atoms with Gasteiger partial charge in [-0.05, 0) is 25.1 Å². The fourth-order valence-electron chi connectivity index (χ4n) is 4.86. The number of para-hydroxylation sites is 1. The van der Waals surface area contributed by atoms with Gasteiger partial charge in [-0.15, -0.1) is 0 Å². The molecule has 1 fully saturated rings. The van der Waals surface area contributed by atoms with E-state index in [-0.39, 0.29) is 11.9 Å². The van der Waals surface area contributed by atoms with Crippen molar-refractivity contribution >= 4 is 5.71 Å². The zero-order valence-corrected chi connectivity index (χ0v) is 16.3. The van der Waals surface area contributed by atoms with Gasteiger partial charge >= 0.3 is 0 Å². The van der Waals surface area contributed by atoms with Crippen LogP contribution in [0.1, 0.15) is 49.8 Å². The van der Waals surface area contributed by atoms with Gasteiger partial charge in [0, 0.05) is 43.5 Å². The van der Waals surface area contributed by atoms with Crippen LogP contribution in [0.4, 0.5) is 4.39 Å². The fraction of sp³-hybridized carbons (Fsp3) is 0.435. The number of piperidine rings is 1. The topological polar surface area (TPSA) is 28.1 Å². The first kappa shape index (κ1) is 17.7. The molecule has 1 atom stereocenters. The lowest BCUT2D eigenvalue weighted by atomic mass is 9.90. The average Bonchev–Trinajstić information content (AvgIpc) is 3.17. The van der Waals surface area contributed by atoms with Gasteiger partial charge in [0.15, 0.2) is 0 Å². The zero-order chi connectivity index (χ0) is 19.1. The van der Waals surface area contributed by atoms with Gasteiger partial charge in [-0.3, -0.25) is 0 Å². The van der Waals surface area contributed by atoms with Gasteiger partial charge < -0.3 is 9.64 Å². The minimum Gasteiger partial charge on any atom is -0.466 e. The predicted octanol–water partition coefficient (Wildman–Crippen LogP) is 4.57. The molecule has 0 aromatic heterocycles. The van der Waals surface area contributed by atoms with Crippen molar-refractivity contribution < 1.29 is 9.13 Å². The SMILES string of the molecule is CCCN1CCC2(CC1)Oc1ccccc1C1CC(c3ccccc3F)=NN12. The van der Waals surface area contributed by atoms with Crippen LogP contribution in [-0.2, 0) is 0 Å². The van der Waals surface area contributed by atoms with Crippen molar-refractivity contribution in [3.05, 3.63) is 65.5 Å². The van der Waals surface area contributed by atoms with E-state index >= 15 is 0 Å². The van der Waals surface area contributed by atoms with E-state index in [1.54, 1.807) is 6.07 Å². The number of benzene rings is 2. The normalized spacial score (nSPS) is 23.1. The quantitative estimate of drug-likeness (QED) is 0.782. The molecule has 5 rings (SSSR count). The Balaban J connectivity index is 1.53. The summed E-state index contributed by atoms with van der Waals surface area (Å²) in [5, 5.41) is 7.11. The molecule has 1 spiro atoms. The van der Waals surface area contributed by atoms with Crippen molar-refractivity contribution in [1.82, 2.24) is 9.91 Å². The van der Waals surface area contributed by atoms with Crippen LogP contribution >= 0.6 is 0 Å². The third kappa shape index (κ3) is 2.80. The summed E-state index contributed by atoms with van der Waals surface area (Å²) < 4.78 is 21.1. The van der Waals surface area contributed by atoms with E-state index in [9.17, 15) is 4.39 Å². The van der Waals surface area contributed by atoms with Gasteiger partial charge in [0.2, 0.25) is 5.72 Å². The van der Waals surface area contributed by atoms with Crippen LogP contribution in [0.3, 0.4) is 0 Å². The van der Waals surface area contributed by atoms with E-state index in [2.05, 4.69) is 29.0 Å². The number of ether oxygens (including phenoxy) is 1. The van der Waals surface area contributed by atoms with Gasteiger partial charge in [0.1, 0.15) is 11.6 Å². The Morgan fingerprint density at radius 3 is 2.64 bits per heavy atom. The molecule has 0 amide bonds. The molecule has 3 heterocycles. The molecule has 4 nitrogen and oxygen atoms in total. The molecule has 0 N–H and O–H groups in total. The molecule has 0 radical (unpaired) electrons. The number of rotatable bonds is 3. The van der Waals surface area contributed by atoms with Crippen molar-refractivity contribution in [2.75, 3.05) is 19.6 Å². The second kappa shape index (κ2) is 6.89. The third-order valence-corrected chi connectivity index (χ3v) is 6.27. The van der Waals surface area contributed by atoms with Crippen LogP contribution < -0.4 is 4.74 Å². The molecule has 3 aliphatic rings. The average molecular weight is 379 g/mol. The van der Waals surface area contributed by atoms with E-state index in [4.69, 9.17) is 9.84 Å². The first-order chi connectivity index (χ1) is 13.7. The highest BCUT2D eigenvalue weighted by molar-refractivity contribution is 6.02. The smallest absolute Gasteiger partial charge is 0.200 e. The zero-order valence-electron chi connectivity index (χ0n) is 16.3. The van der Waals surface area contributed by atoms with Crippen molar-refractivity contribution in [2.45, 2.75) is 44.4 Å². The van der Waals surface area contributed by atoms with Crippen molar-refractivity contribution in [3.8, 4) is 5.75 Å². The number of likely N-dealkylation sites (tertiary alicyclic amines) is 1. The Morgan fingerprint density at radius 2 is 1.86 bits per heavy atom. The number of nitrogens with zero attached hydrogens (tertiary/aromatic N) is 3. The lowest BCUT2D eigenvalue weighted by molar-refractivity contribution is -0.149. The van der Waals surface area contributed by atoms with Gasteiger partial charge in [-0.25, -0.2) is 9.40 Å². The Hall–Kier alpha value is -2.40. The molecule has 146 valence electrons. The molecule has 0 aliphatic carbocycles. The predicted molar refractivity (Wildman–Crippen MR) is 108 cm³/mol. The van der Waals surface area contributed by atoms with E-state index in [1.807, 2.05) is 24.3 Å². The highest BCUT2D eigenvalue weighted by Gasteiger charge is 2.51. The Morgan fingerprint density at radius 1 is 1.11 bits per heavy atom. The van der Waals surface area contributed by atoms with E-state index in [0.717, 1.165) is 49.5 Å². The largest absolute Gasteiger partial charge is 0.466 e. The monoisotopic (exact) mass is 379 g/mol. The maximum absolute atomic E-state index is 14.4. The van der Waals surface area contributed by atoms with Crippen molar-refractivity contribution in [2.24, 2.45) is 5.10 Å². The van der Waals surface area contributed by atoms with Crippen LogP contribution in [0.5, 0.6) is 5.75 Å². The summed E-state index contributed by atoms with van der Waals surface area (Å²) in [5.74, 6) is 0.750. The molecule has 2 aromatic carbocycles. The summed E-state index contributed by atoms with van der Waals surface area (Å²) in [6, 6.07) is 15.3. The van der Waals surface area contributed by atoms with Crippen LogP contribution in [-0.4, -0.2) is 41.0 Å². The Bertz CT molecular complexity index is 904. The lowest BCUT2D eigenvalue weighted by Crippen LogP contribution is -2.59. The van der Waals surface area contributed by atoms with Gasteiger partial charge in [0.05, 0.1) is 11.8 Å². The number of hydrogen-bond acceptors (Lipinski definition) is 4. The first-order valence-electron chi connectivity index (χ1n) is 10.3. The van der Waals surface area contributed by atoms with Crippen LogP contribution in [0.25, 0.3) is 0 Å². The summed E-state index contributed by atoms with van der Waals surface area (Å²) >= 11 is 0. The van der Waals surface area contributed by atoms with E-state index < -0.39 is 5.72 Å². The molecule has 3 aliphatic heterocycles. The van der Waals surface area contributed by atoms with Gasteiger partial charge in [0.25, 0.3) is 0 Å². The lowest BCUT2D eigenvalue weighted by Gasteiger charge is -2.51. The maximum atomic E-state index is 14.4. The Kier molecular flexibility index (Phi) is 4.35. The van der Waals surface area contributed by atoms with Crippen LogP contribution in [0.15, 0.2) is 53.6 Å². The molecular weight excluding hydrogens is 353 g/mol. The molecular formula is C23H26FN3O. The standard InChI is InChI=1S/C23H26FN3O/c1-2-13-26-14-11-23(12-15-26)27-21(18-8-4-6-10-22(18)28-23)16-20(25-27)17-7-3-5-9-19(17)24/h3-10,21H,2,11-16H2,1H3. The molecule has 2 aromatic rings. The molecule has 1 unspecified atom stereocenters. The fourth-order valence-corrected chi connectivity index (χ4v) is 4.86. The second-order valence-electron chi connectivity index (χ2n) is 8.02. The number of halogens is 1. The minimum absolute atomic E-state index is 0.109. The molecule has 0 saturated carbocycles. The number of fused-ring (bicyclic) bond motifs is 4. The van der Waals surface area contributed by atoms with Crippen LogP contribution in [0.2, 0.25) is 0 Å². The highest BCUT2D eigenvalue weighted by atomic mass is 19.1. The van der Waals surface area contributed by atoms with E-state index in [0.29, 0.717) is 12.0 Å². The van der Waals surface area contributed by atoms with E-state index in [1.165, 1.54) is 12.5 Å². The highest BCUT2D eigenvalue weighted by Crippen LogP contribution is 2.49. The summed E-state index contributed by atoms with van der Waals surface area (Å²) in [5.41, 5.74) is 2.14. The maximum Gasteiger partial charge on any atom is 0.200 e. The molecule has 5 heteroatoms. The summed E-state index contributed by atoms with van der Waals surface area (Å²) in [6.07, 6.45) is 3.69. The molecule has 0 bridgehead atoms. The van der Waals surface area contributed by atoms with Crippen molar-refractivity contribution in [1.29, 1.82) is 0 Å². The Labute approximate surface area is 165 Å². The van der Waals surface area contributed by atoms with Gasteiger partial charge in [-0.2, -0.15) is 5.10 Å². The van der Waals surface area contributed by atoms with Crippen LogP contribution in [0, 0.1) is 5.82 Å². The van der Waals surface area contributed by atoms with Crippen molar-refractivity contribution in [3.63, 3.8) is 0 Å². The molecule has 1 saturated heterocycles. The summed E-state index contributed by atoms with van der Waals surface area (Å²) in [6.45, 7) is 5.35. The third-order valence-electron chi connectivity index (χ3n) is 6.27. The number of hydrogen-bond donors (Lipinski definition) is 0. The van der Waals surface area contributed by atoms with Gasteiger partial charge in [-0.1, -0.05) is 43.3 Å². The molecule has 28 heavy (non-hydrogen) atoms. The summed E-state index contributed by atoms with van der Waals surface area (Å²) in [4.78, 5) is 2.50. The summed E-state index contributed by atoms with van der Waals surface area (Å²) in [7, 11) is 0. The second-order valence-corrected chi connectivity index (χ2v) is 8.02. The first-order valence-corrected chi connectivity index (χ1v) is 10.3. The minimum atomic E-state index is -0.434.